The summed E-state index contributed by atoms with van der Waals surface area (Å²) in [7, 11) is 0. The van der Waals surface area contributed by atoms with Gasteiger partial charge in [0, 0.05) is 10.8 Å². The third kappa shape index (κ3) is 4.42. The number of benzene rings is 6. The van der Waals surface area contributed by atoms with E-state index < -0.39 is 0 Å². The third-order valence-corrected chi connectivity index (χ3v) is 8.11. The molecule has 2 heterocycles. The molecule has 0 saturated carbocycles. The summed E-state index contributed by atoms with van der Waals surface area (Å²) < 4.78 is 17.5. The average Bonchev–Trinajstić information content (AvgIpc) is 3.62. The molecule has 46 heavy (non-hydrogen) atoms. The summed E-state index contributed by atoms with van der Waals surface area (Å²) in [6.45, 7) is 0. The van der Waals surface area contributed by atoms with Crippen LogP contribution in [0.1, 0.15) is 11.1 Å². The number of fused-ring (bicyclic) bond motifs is 5. The Morgan fingerprint density at radius 2 is 0.783 bits per heavy atom. The van der Waals surface area contributed by atoms with Crippen LogP contribution in [-0.4, -0.2) is 9.13 Å². The summed E-state index contributed by atoms with van der Waals surface area (Å²) >= 11 is 0. The summed E-state index contributed by atoms with van der Waals surface area (Å²) in [5.41, 5.74) is 7.10. The van der Waals surface area contributed by atoms with Crippen molar-refractivity contribution in [1.29, 1.82) is 10.5 Å². The summed E-state index contributed by atoms with van der Waals surface area (Å²) in [4.78, 5) is 0. The second kappa shape index (κ2) is 11.1. The maximum absolute atomic E-state index is 9.26. The second-order valence-electron chi connectivity index (χ2n) is 10.8. The molecule has 6 heteroatoms. The van der Waals surface area contributed by atoms with Crippen molar-refractivity contribution in [2.45, 2.75) is 0 Å². The van der Waals surface area contributed by atoms with Crippen LogP contribution < -0.4 is 9.47 Å². The summed E-state index contributed by atoms with van der Waals surface area (Å²) in [6.07, 6.45) is 0. The molecular weight excluding hydrogens is 568 g/mol. The largest absolute Gasteiger partial charge is 0.455 e. The van der Waals surface area contributed by atoms with E-state index in [0.29, 0.717) is 34.1 Å². The zero-order valence-corrected chi connectivity index (χ0v) is 24.5. The molecule has 0 atom stereocenters. The maximum atomic E-state index is 9.26. The van der Waals surface area contributed by atoms with Crippen molar-refractivity contribution in [3.05, 3.63) is 157 Å². The van der Waals surface area contributed by atoms with Gasteiger partial charge in [0.05, 0.1) is 56.7 Å². The monoisotopic (exact) mass is 592 g/mol. The molecule has 2 aromatic heterocycles. The lowest BCUT2D eigenvalue weighted by atomic mass is 10.2. The molecule has 0 aliphatic heterocycles. The SMILES string of the molecule is N#Cc1ccc(Oc2ccccc2-n2c3ccccc3c3c2c2ccccc2n3-c2ccccc2Oc2ccc(C#N)cc2)cc1. The number of hydrogen-bond acceptors (Lipinski definition) is 4. The zero-order valence-electron chi connectivity index (χ0n) is 24.5. The molecule has 0 fully saturated rings. The van der Waals surface area contributed by atoms with Crippen LogP contribution in [0.25, 0.3) is 44.2 Å². The van der Waals surface area contributed by atoms with Gasteiger partial charge in [0.15, 0.2) is 11.5 Å². The van der Waals surface area contributed by atoms with E-state index in [1.54, 1.807) is 24.3 Å². The Kier molecular flexibility index (Phi) is 6.45. The van der Waals surface area contributed by atoms with Crippen molar-refractivity contribution in [2.75, 3.05) is 0 Å². The van der Waals surface area contributed by atoms with Gasteiger partial charge >= 0.3 is 0 Å². The summed E-state index contributed by atoms with van der Waals surface area (Å²) in [6, 6.07) is 51.4. The smallest absolute Gasteiger partial charge is 0.151 e. The van der Waals surface area contributed by atoms with Crippen LogP contribution in [0.5, 0.6) is 23.0 Å². The molecule has 0 bridgehead atoms. The van der Waals surface area contributed by atoms with Gasteiger partial charge in [-0.1, -0.05) is 60.7 Å². The van der Waals surface area contributed by atoms with Gasteiger partial charge in [-0.15, -0.1) is 0 Å². The predicted octanol–water partition coefficient (Wildman–Crippen LogP) is 10.1. The van der Waals surface area contributed by atoms with Gasteiger partial charge in [-0.25, -0.2) is 0 Å². The molecule has 0 aliphatic rings. The lowest BCUT2D eigenvalue weighted by Gasteiger charge is -2.14. The molecule has 0 unspecified atom stereocenters. The highest BCUT2D eigenvalue weighted by Gasteiger charge is 2.24. The Labute approximate surface area is 264 Å². The highest BCUT2D eigenvalue weighted by atomic mass is 16.5. The lowest BCUT2D eigenvalue weighted by Crippen LogP contribution is -1.97. The molecule has 216 valence electrons. The second-order valence-corrected chi connectivity index (χ2v) is 10.8. The first kappa shape index (κ1) is 26.8. The Hall–Kier alpha value is -6.76. The van der Waals surface area contributed by atoms with Crippen LogP contribution in [0.15, 0.2) is 146 Å². The van der Waals surface area contributed by atoms with Crippen LogP contribution in [-0.2, 0) is 0 Å². The van der Waals surface area contributed by atoms with E-state index in [2.05, 4.69) is 81.9 Å². The number of ether oxygens (including phenoxy) is 2. The van der Waals surface area contributed by atoms with E-state index >= 15 is 0 Å². The highest BCUT2D eigenvalue weighted by Crippen LogP contribution is 2.44. The van der Waals surface area contributed by atoms with Crippen molar-refractivity contribution in [3.63, 3.8) is 0 Å². The number of aromatic nitrogens is 2. The standard InChI is InChI=1S/C40H24N4O2/c41-25-27-17-21-29(22-18-27)45-37-15-7-5-13-35(37)43-33-11-3-1-9-31(33)39-40(43)32-10-2-4-12-34(32)44(39)36-14-6-8-16-38(36)46-30-23-19-28(26-42)20-24-30/h1-24H. The number of nitriles is 2. The minimum atomic E-state index is 0.579. The van der Waals surface area contributed by atoms with Gasteiger partial charge in [0.1, 0.15) is 11.5 Å². The Balaban J connectivity index is 1.38. The fourth-order valence-electron chi connectivity index (χ4n) is 6.09. The molecule has 6 aromatic carbocycles. The quantitative estimate of drug-likeness (QED) is 0.193. The molecule has 0 spiro atoms. The number of hydrogen-bond donors (Lipinski definition) is 0. The number of nitrogens with zero attached hydrogens (tertiary/aromatic N) is 4. The van der Waals surface area contributed by atoms with Crippen molar-refractivity contribution in [2.24, 2.45) is 0 Å². The van der Waals surface area contributed by atoms with E-state index in [9.17, 15) is 10.5 Å². The van der Waals surface area contributed by atoms with Crippen molar-refractivity contribution in [3.8, 4) is 46.5 Å². The highest BCUT2D eigenvalue weighted by molar-refractivity contribution is 6.20. The van der Waals surface area contributed by atoms with Crippen molar-refractivity contribution < 1.29 is 9.47 Å². The molecular formula is C40H24N4O2. The molecule has 0 N–H and O–H groups in total. The first-order valence-electron chi connectivity index (χ1n) is 14.8. The zero-order chi connectivity index (χ0) is 31.0. The maximum Gasteiger partial charge on any atom is 0.151 e. The molecule has 8 aromatic rings. The van der Waals surface area contributed by atoms with Gasteiger partial charge in [0.25, 0.3) is 0 Å². The summed E-state index contributed by atoms with van der Waals surface area (Å²) in [5, 5.41) is 20.7. The van der Waals surface area contributed by atoms with Gasteiger partial charge in [-0.05, 0) is 84.9 Å². The normalized spacial score (nSPS) is 11.0. The van der Waals surface area contributed by atoms with Crippen LogP contribution in [0.4, 0.5) is 0 Å². The summed E-state index contributed by atoms with van der Waals surface area (Å²) in [5.74, 6) is 2.68. The van der Waals surface area contributed by atoms with E-state index in [0.717, 1.165) is 44.2 Å². The van der Waals surface area contributed by atoms with Crippen LogP contribution in [0.3, 0.4) is 0 Å². The predicted molar refractivity (Wildman–Crippen MR) is 180 cm³/mol. The number of para-hydroxylation sites is 6. The van der Waals surface area contributed by atoms with Crippen LogP contribution >= 0.6 is 0 Å². The molecule has 6 nitrogen and oxygen atoms in total. The first-order chi connectivity index (χ1) is 22.7. The van der Waals surface area contributed by atoms with E-state index in [1.807, 2.05) is 60.7 Å². The van der Waals surface area contributed by atoms with Gasteiger partial charge in [-0.2, -0.15) is 10.5 Å². The first-order valence-corrected chi connectivity index (χ1v) is 14.8. The Bertz CT molecular complexity index is 2320. The molecule has 0 aliphatic carbocycles. The van der Waals surface area contributed by atoms with Gasteiger partial charge < -0.3 is 18.6 Å². The lowest BCUT2D eigenvalue weighted by molar-refractivity contribution is 0.480. The molecule has 0 amide bonds. The van der Waals surface area contributed by atoms with E-state index in [4.69, 9.17) is 9.47 Å². The van der Waals surface area contributed by atoms with Gasteiger partial charge in [0.2, 0.25) is 0 Å². The topological polar surface area (TPSA) is 75.9 Å². The Morgan fingerprint density at radius 1 is 0.413 bits per heavy atom. The van der Waals surface area contributed by atoms with Crippen LogP contribution in [0.2, 0.25) is 0 Å². The fourth-order valence-corrected chi connectivity index (χ4v) is 6.09. The third-order valence-electron chi connectivity index (χ3n) is 8.11. The van der Waals surface area contributed by atoms with Crippen molar-refractivity contribution >= 4 is 32.8 Å². The molecule has 8 rings (SSSR count). The molecule has 0 saturated heterocycles. The average molecular weight is 593 g/mol. The van der Waals surface area contributed by atoms with E-state index in [-0.39, 0.29) is 0 Å². The van der Waals surface area contributed by atoms with Crippen LogP contribution in [0, 0.1) is 22.7 Å². The minimum Gasteiger partial charge on any atom is -0.455 e. The molecule has 0 radical (unpaired) electrons. The van der Waals surface area contributed by atoms with Crippen molar-refractivity contribution in [1.82, 2.24) is 9.13 Å². The fraction of sp³-hybridized carbons (Fsp3) is 0. The van der Waals surface area contributed by atoms with Gasteiger partial charge in [-0.3, -0.25) is 0 Å². The van der Waals surface area contributed by atoms with E-state index in [1.165, 1.54) is 0 Å². The Morgan fingerprint density at radius 3 is 1.20 bits per heavy atom. The minimum absolute atomic E-state index is 0.579. The number of rotatable bonds is 6.